The van der Waals surface area contributed by atoms with Crippen molar-refractivity contribution >= 4 is 39.3 Å². The molecule has 2 rings (SSSR count). The second-order valence-corrected chi connectivity index (χ2v) is 4.94. The van der Waals surface area contributed by atoms with Crippen LogP contribution in [0, 0.1) is 6.92 Å². The zero-order valence-electron chi connectivity index (χ0n) is 9.45. The number of hydrogen-bond acceptors (Lipinski definition) is 3. The molecule has 1 aromatic carbocycles. The maximum Gasteiger partial charge on any atom is 0.257 e. The van der Waals surface area contributed by atoms with Crippen LogP contribution < -0.4 is 5.32 Å². The number of carbonyl (C=O) groups excluding carboxylic acids is 1. The Morgan fingerprint density at radius 2 is 2.11 bits per heavy atom. The summed E-state index contributed by atoms with van der Waals surface area (Å²) in [5, 5.41) is 2.95. The van der Waals surface area contributed by atoms with Crippen molar-refractivity contribution in [1.29, 1.82) is 0 Å². The number of halogens is 2. The van der Waals surface area contributed by atoms with Gasteiger partial charge in [0.25, 0.3) is 5.91 Å². The minimum Gasteiger partial charge on any atom is -0.305 e. The molecule has 0 saturated carbocycles. The van der Waals surface area contributed by atoms with Gasteiger partial charge in [0.2, 0.25) is 0 Å². The van der Waals surface area contributed by atoms with E-state index in [0.29, 0.717) is 11.4 Å². The minimum atomic E-state index is -0.231. The van der Waals surface area contributed by atoms with Crippen LogP contribution in [0.15, 0.2) is 35.1 Å². The molecule has 0 aliphatic rings. The van der Waals surface area contributed by atoms with Gasteiger partial charge in [-0.2, -0.15) is 0 Å². The number of anilines is 1. The summed E-state index contributed by atoms with van der Waals surface area (Å²) in [5.41, 5.74) is 1.47. The van der Waals surface area contributed by atoms with Gasteiger partial charge in [-0.25, -0.2) is 9.97 Å². The standard InChI is InChI=1S/C12H9BrClN3O/c1-7-2-3-8(13)4-9(7)12(18)17-11-6-15-10(14)5-16-11/h2-6H,1H3,(H,16,17,18). The Balaban J connectivity index is 2.21. The Morgan fingerprint density at radius 1 is 1.33 bits per heavy atom. The van der Waals surface area contributed by atoms with Crippen LogP contribution in [0.3, 0.4) is 0 Å². The first-order chi connectivity index (χ1) is 8.56. The molecular weight excluding hydrogens is 318 g/mol. The molecule has 1 amide bonds. The SMILES string of the molecule is Cc1ccc(Br)cc1C(=O)Nc1cnc(Cl)cn1. The molecule has 1 N–H and O–H groups in total. The van der Waals surface area contributed by atoms with E-state index in [2.05, 4.69) is 31.2 Å². The van der Waals surface area contributed by atoms with Crippen LogP contribution in [0.2, 0.25) is 5.15 Å². The largest absolute Gasteiger partial charge is 0.305 e. The summed E-state index contributed by atoms with van der Waals surface area (Å²) in [5.74, 6) is 0.134. The van der Waals surface area contributed by atoms with Crippen LogP contribution in [0.25, 0.3) is 0 Å². The van der Waals surface area contributed by atoms with Crippen molar-refractivity contribution in [3.8, 4) is 0 Å². The molecule has 1 heterocycles. The van der Waals surface area contributed by atoms with E-state index in [9.17, 15) is 4.79 Å². The van der Waals surface area contributed by atoms with Gasteiger partial charge in [-0.1, -0.05) is 33.6 Å². The maximum atomic E-state index is 12.0. The number of rotatable bonds is 2. The average Bonchev–Trinajstić information content (AvgIpc) is 2.35. The van der Waals surface area contributed by atoms with E-state index in [1.807, 2.05) is 19.1 Å². The van der Waals surface area contributed by atoms with Gasteiger partial charge in [0, 0.05) is 10.0 Å². The molecule has 0 bridgehead atoms. The summed E-state index contributed by atoms with van der Waals surface area (Å²) in [6.07, 6.45) is 2.79. The van der Waals surface area contributed by atoms with Crippen molar-refractivity contribution < 1.29 is 4.79 Å². The zero-order valence-corrected chi connectivity index (χ0v) is 11.8. The number of hydrogen-bond donors (Lipinski definition) is 1. The number of nitrogens with zero attached hydrogens (tertiary/aromatic N) is 2. The number of aryl methyl sites for hydroxylation is 1. The third-order valence-corrected chi connectivity index (χ3v) is 2.99. The van der Waals surface area contributed by atoms with Crippen molar-refractivity contribution in [2.24, 2.45) is 0 Å². The Labute approximate surface area is 118 Å². The number of carbonyl (C=O) groups is 1. The predicted octanol–water partition coefficient (Wildman–Crippen LogP) is 3.45. The third-order valence-electron chi connectivity index (χ3n) is 2.31. The summed E-state index contributed by atoms with van der Waals surface area (Å²) in [6.45, 7) is 1.87. The normalized spacial score (nSPS) is 10.2. The van der Waals surface area contributed by atoms with Gasteiger partial charge < -0.3 is 5.32 Å². The van der Waals surface area contributed by atoms with Crippen LogP contribution in [0.5, 0.6) is 0 Å². The Hall–Kier alpha value is -1.46. The van der Waals surface area contributed by atoms with Crippen molar-refractivity contribution in [2.75, 3.05) is 5.32 Å². The van der Waals surface area contributed by atoms with Gasteiger partial charge >= 0.3 is 0 Å². The fourth-order valence-corrected chi connectivity index (χ4v) is 1.86. The Kier molecular flexibility index (Phi) is 3.93. The first kappa shape index (κ1) is 13.0. The van der Waals surface area contributed by atoms with Crippen LogP contribution >= 0.6 is 27.5 Å². The zero-order chi connectivity index (χ0) is 13.1. The van der Waals surface area contributed by atoms with E-state index >= 15 is 0 Å². The van der Waals surface area contributed by atoms with Crippen LogP contribution in [0.1, 0.15) is 15.9 Å². The number of benzene rings is 1. The lowest BCUT2D eigenvalue weighted by atomic mass is 10.1. The van der Waals surface area contributed by atoms with Crippen molar-refractivity contribution in [1.82, 2.24) is 9.97 Å². The second-order valence-electron chi connectivity index (χ2n) is 3.64. The smallest absolute Gasteiger partial charge is 0.257 e. The lowest BCUT2D eigenvalue weighted by molar-refractivity contribution is 0.102. The highest BCUT2D eigenvalue weighted by atomic mass is 79.9. The van der Waals surface area contributed by atoms with Crippen molar-refractivity contribution in [3.63, 3.8) is 0 Å². The first-order valence-electron chi connectivity index (χ1n) is 5.11. The van der Waals surface area contributed by atoms with Crippen LogP contribution in [0.4, 0.5) is 5.82 Å². The predicted molar refractivity (Wildman–Crippen MR) is 73.9 cm³/mol. The minimum absolute atomic E-state index is 0.231. The molecule has 0 aliphatic carbocycles. The topological polar surface area (TPSA) is 54.9 Å². The van der Waals surface area contributed by atoms with Gasteiger partial charge in [0.15, 0.2) is 5.82 Å². The van der Waals surface area contributed by atoms with Crippen LogP contribution in [-0.2, 0) is 0 Å². The molecule has 1 aromatic heterocycles. The molecule has 6 heteroatoms. The number of aromatic nitrogens is 2. The Bertz CT molecular complexity index is 586. The molecule has 4 nitrogen and oxygen atoms in total. The van der Waals surface area contributed by atoms with Gasteiger partial charge in [-0.05, 0) is 24.6 Å². The number of nitrogens with one attached hydrogen (secondary N) is 1. The van der Waals surface area contributed by atoms with E-state index in [0.717, 1.165) is 10.0 Å². The van der Waals surface area contributed by atoms with E-state index in [4.69, 9.17) is 11.6 Å². The van der Waals surface area contributed by atoms with E-state index in [1.54, 1.807) is 6.07 Å². The van der Waals surface area contributed by atoms with Crippen LogP contribution in [-0.4, -0.2) is 15.9 Å². The molecule has 2 aromatic rings. The highest BCUT2D eigenvalue weighted by Gasteiger charge is 2.10. The third kappa shape index (κ3) is 3.05. The van der Waals surface area contributed by atoms with Crippen molar-refractivity contribution in [3.05, 3.63) is 51.3 Å². The van der Waals surface area contributed by atoms with Gasteiger partial charge in [0.1, 0.15) is 5.15 Å². The van der Waals surface area contributed by atoms with Gasteiger partial charge in [-0.15, -0.1) is 0 Å². The molecule has 0 aliphatic heterocycles. The molecule has 0 fully saturated rings. The monoisotopic (exact) mass is 325 g/mol. The lowest BCUT2D eigenvalue weighted by Gasteiger charge is -2.07. The fraction of sp³-hybridized carbons (Fsp3) is 0.0833. The molecule has 18 heavy (non-hydrogen) atoms. The highest BCUT2D eigenvalue weighted by molar-refractivity contribution is 9.10. The molecular formula is C12H9BrClN3O. The van der Waals surface area contributed by atoms with Gasteiger partial charge in [0.05, 0.1) is 12.4 Å². The molecule has 0 saturated heterocycles. The molecule has 92 valence electrons. The summed E-state index contributed by atoms with van der Waals surface area (Å²) >= 11 is 8.95. The van der Waals surface area contributed by atoms with E-state index in [1.165, 1.54) is 12.4 Å². The molecule has 0 unspecified atom stereocenters. The molecule has 0 atom stereocenters. The maximum absolute atomic E-state index is 12.0. The van der Waals surface area contributed by atoms with E-state index in [-0.39, 0.29) is 11.1 Å². The van der Waals surface area contributed by atoms with Crippen molar-refractivity contribution in [2.45, 2.75) is 6.92 Å². The van der Waals surface area contributed by atoms with Gasteiger partial charge in [-0.3, -0.25) is 4.79 Å². The quantitative estimate of drug-likeness (QED) is 0.919. The first-order valence-corrected chi connectivity index (χ1v) is 6.28. The molecule has 0 radical (unpaired) electrons. The van der Waals surface area contributed by atoms with E-state index < -0.39 is 0 Å². The summed E-state index contributed by atoms with van der Waals surface area (Å²) in [7, 11) is 0. The Morgan fingerprint density at radius 3 is 2.78 bits per heavy atom. The summed E-state index contributed by atoms with van der Waals surface area (Å²) in [6, 6.07) is 5.51. The highest BCUT2D eigenvalue weighted by Crippen LogP contribution is 2.17. The number of amides is 1. The molecule has 0 spiro atoms. The second kappa shape index (κ2) is 5.46. The summed E-state index contributed by atoms with van der Waals surface area (Å²) in [4.78, 5) is 19.8. The summed E-state index contributed by atoms with van der Waals surface area (Å²) < 4.78 is 0.848. The average molecular weight is 327 g/mol. The lowest BCUT2D eigenvalue weighted by Crippen LogP contribution is -2.14. The fourth-order valence-electron chi connectivity index (χ4n) is 1.40.